The van der Waals surface area contributed by atoms with Crippen molar-refractivity contribution in [3.05, 3.63) is 51.3 Å². The lowest BCUT2D eigenvalue weighted by atomic mass is 9.89. The number of methoxy groups -OCH3 is 1. The number of carboxylic acids is 1. The second-order valence-corrected chi connectivity index (χ2v) is 5.84. The molecule has 1 aliphatic heterocycles. The van der Waals surface area contributed by atoms with Crippen molar-refractivity contribution in [2.24, 2.45) is 0 Å². The van der Waals surface area contributed by atoms with Crippen molar-refractivity contribution in [1.82, 2.24) is 4.57 Å². The summed E-state index contributed by atoms with van der Waals surface area (Å²) in [7, 11) is 1.61. The zero-order valence-corrected chi connectivity index (χ0v) is 13.4. The third-order valence-corrected chi connectivity index (χ3v) is 4.48. The summed E-state index contributed by atoms with van der Waals surface area (Å²) in [5.74, 6) is -0.453. The number of carboxylic acid groups (broad SMARTS) is 1. The fourth-order valence-corrected chi connectivity index (χ4v) is 3.32. The number of pyridine rings is 1. The van der Waals surface area contributed by atoms with Crippen molar-refractivity contribution in [2.45, 2.75) is 32.7 Å². The highest BCUT2D eigenvalue weighted by Crippen LogP contribution is 2.38. The number of hydrogen-bond acceptors (Lipinski definition) is 3. The molecular formula is C18H19NO4. The van der Waals surface area contributed by atoms with E-state index in [1.807, 2.05) is 36.6 Å². The first-order valence-corrected chi connectivity index (χ1v) is 7.66. The maximum Gasteiger partial charge on any atom is 0.341 e. The van der Waals surface area contributed by atoms with Gasteiger partial charge in [-0.15, -0.1) is 0 Å². The Morgan fingerprint density at radius 3 is 2.78 bits per heavy atom. The van der Waals surface area contributed by atoms with Gasteiger partial charge in [-0.25, -0.2) is 4.79 Å². The lowest BCUT2D eigenvalue weighted by Crippen LogP contribution is -2.28. The molecule has 0 saturated heterocycles. The van der Waals surface area contributed by atoms with E-state index in [2.05, 4.69) is 0 Å². The minimum atomic E-state index is -1.18. The van der Waals surface area contributed by atoms with Crippen LogP contribution in [0.5, 0.6) is 5.75 Å². The Bertz CT molecular complexity index is 851. The number of aromatic nitrogens is 1. The summed E-state index contributed by atoms with van der Waals surface area (Å²) >= 11 is 0. The summed E-state index contributed by atoms with van der Waals surface area (Å²) in [5, 5.41) is 9.32. The van der Waals surface area contributed by atoms with Crippen molar-refractivity contribution in [1.29, 1.82) is 0 Å². The van der Waals surface area contributed by atoms with Gasteiger partial charge in [0.1, 0.15) is 11.3 Å². The fourth-order valence-electron chi connectivity index (χ4n) is 3.32. The molecule has 3 rings (SSSR count). The highest BCUT2D eigenvalue weighted by Gasteiger charge is 2.27. The molecule has 5 nitrogen and oxygen atoms in total. The van der Waals surface area contributed by atoms with Gasteiger partial charge in [-0.1, -0.05) is 13.0 Å². The first-order valence-electron chi connectivity index (χ1n) is 7.66. The van der Waals surface area contributed by atoms with E-state index in [0.29, 0.717) is 12.0 Å². The van der Waals surface area contributed by atoms with Crippen LogP contribution in [0.3, 0.4) is 0 Å². The smallest absolute Gasteiger partial charge is 0.341 e. The van der Waals surface area contributed by atoms with Gasteiger partial charge in [-0.05, 0) is 37.5 Å². The summed E-state index contributed by atoms with van der Waals surface area (Å²) < 4.78 is 7.23. The number of aromatic carboxylic acids is 1. The fraction of sp³-hybridized carbons (Fsp3) is 0.333. The van der Waals surface area contributed by atoms with E-state index in [-0.39, 0.29) is 11.6 Å². The Balaban J connectivity index is 2.39. The van der Waals surface area contributed by atoms with Gasteiger partial charge in [0.15, 0.2) is 5.43 Å². The molecule has 2 aromatic rings. The molecule has 0 bridgehead atoms. The van der Waals surface area contributed by atoms with Gasteiger partial charge in [-0.3, -0.25) is 4.79 Å². The predicted molar refractivity (Wildman–Crippen MR) is 87.4 cm³/mol. The van der Waals surface area contributed by atoms with Gasteiger partial charge in [0.25, 0.3) is 0 Å². The Hall–Kier alpha value is -2.56. The Labute approximate surface area is 134 Å². The van der Waals surface area contributed by atoms with Gasteiger partial charge >= 0.3 is 5.97 Å². The molecule has 1 atom stereocenters. The van der Waals surface area contributed by atoms with E-state index in [1.165, 1.54) is 6.20 Å². The topological polar surface area (TPSA) is 68.5 Å². The van der Waals surface area contributed by atoms with Crippen LogP contribution < -0.4 is 10.2 Å². The first-order chi connectivity index (χ1) is 11.0. The molecular weight excluding hydrogens is 294 g/mol. The zero-order chi connectivity index (χ0) is 16.7. The number of nitrogens with zero attached hydrogens (tertiary/aromatic N) is 1. The maximum absolute atomic E-state index is 12.6. The van der Waals surface area contributed by atoms with Crippen molar-refractivity contribution in [3.63, 3.8) is 0 Å². The summed E-state index contributed by atoms with van der Waals surface area (Å²) in [4.78, 5) is 24.0. The van der Waals surface area contributed by atoms with E-state index in [4.69, 9.17) is 4.74 Å². The maximum atomic E-state index is 12.6. The molecule has 1 aromatic heterocycles. The summed E-state index contributed by atoms with van der Waals surface area (Å²) in [6.07, 6.45) is 2.75. The van der Waals surface area contributed by atoms with Crippen molar-refractivity contribution in [2.75, 3.05) is 7.11 Å². The van der Waals surface area contributed by atoms with Crippen LogP contribution in [-0.4, -0.2) is 22.8 Å². The van der Waals surface area contributed by atoms with Crippen LogP contribution in [0.1, 0.15) is 41.4 Å². The van der Waals surface area contributed by atoms with Gasteiger partial charge in [0.05, 0.1) is 12.8 Å². The molecule has 0 amide bonds. The molecule has 5 heteroatoms. The van der Waals surface area contributed by atoms with Crippen LogP contribution in [0.2, 0.25) is 0 Å². The van der Waals surface area contributed by atoms with Gasteiger partial charge in [0.2, 0.25) is 0 Å². The Morgan fingerprint density at radius 2 is 2.17 bits per heavy atom. The van der Waals surface area contributed by atoms with Crippen LogP contribution >= 0.6 is 0 Å². The third-order valence-electron chi connectivity index (χ3n) is 4.48. The molecule has 1 aliphatic rings. The van der Waals surface area contributed by atoms with E-state index < -0.39 is 11.4 Å². The highest BCUT2D eigenvalue weighted by molar-refractivity contribution is 5.88. The molecule has 23 heavy (non-hydrogen) atoms. The van der Waals surface area contributed by atoms with E-state index in [0.717, 1.165) is 29.0 Å². The molecule has 0 aliphatic carbocycles. The van der Waals surface area contributed by atoms with Crippen LogP contribution in [0, 0.1) is 0 Å². The third kappa shape index (κ3) is 2.32. The summed E-state index contributed by atoms with van der Waals surface area (Å²) in [6, 6.07) is 5.95. The van der Waals surface area contributed by atoms with Crippen LogP contribution in [0.4, 0.5) is 0 Å². The SMILES string of the molecule is CCc1c2n(cc(C(=O)O)c1=O)C(C)Cc1ccc(OC)cc1-2. The molecule has 0 spiro atoms. The molecule has 1 unspecified atom stereocenters. The van der Waals surface area contributed by atoms with Crippen molar-refractivity contribution in [3.8, 4) is 17.0 Å². The van der Waals surface area contributed by atoms with E-state index in [9.17, 15) is 14.7 Å². The molecule has 0 radical (unpaired) electrons. The number of hydrogen-bond donors (Lipinski definition) is 1. The van der Waals surface area contributed by atoms with Crippen LogP contribution in [0.25, 0.3) is 11.3 Å². The number of rotatable bonds is 3. The average molecular weight is 313 g/mol. The normalized spacial score (nSPS) is 15.7. The monoisotopic (exact) mass is 313 g/mol. The molecule has 1 aromatic carbocycles. The quantitative estimate of drug-likeness (QED) is 0.946. The lowest BCUT2D eigenvalue weighted by Gasteiger charge is -2.30. The predicted octanol–water partition coefficient (Wildman–Crippen LogP) is 2.90. The Morgan fingerprint density at radius 1 is 1.43 bits per heavy atom. The number of fused-ring (bicyclic) bond motifs is 3. The molecule has 0 fully saturated rings. The number of benzene rings is 1. The average Bonchev–Trinajstić information content (AvgIpc) is 2.53. The molecule has 2 heterocycles. The second kappa shape index (κ2) is 5.57. The molecule has 120 valence electrons. The van der Waals surface area contributed by atoms with Crippen molar-refractivity contribution < 1.29 is 14.6 Å². The largest absolute Gasteiger partial charge is 0.497 e. The molecule has 0 saturated carbocycles. The van der Waals surface area contributed by atoms with Gasteiger partial charge in [0, 0.05) is 23.4 Å². The number of carbonyl (C=O) groups is 1. The van der Waals surface area contributed by atoms with Crippen LogP contribution in [0.15, 0.2) is 29.2 Å². The lowest BCUT2D eigenvalue weighted by molar-refractivity contribution is 0.0694. The van der Waals surface area contributed by atoms with Crippen LogP contribution in [-0.2, 0) is 12.8 Å². The minimum Gasteiger partial charge on any atom is -0.497 e. The van der Waals surface area contributed by atoms with Gasteiger partial charge < -0.3 is 14.4 Å². The van der Waals surface area contributed by atoms with E-state index >= 15 is 0 Å². The second-order valence-electron chi connectivity index (χ2n) is 5.84. The minimum absolute atomic E-state index is 0.0925. The summed E-state index contributed by atoms with van der Waals surface area (Å²) in [6.45, 7) is 3.91. The van der Waals surface area contributed by atoms with Crippen molar-refractivity contribution >= 4 is 5.97 Å². The highest BCUT2D eigenvalue weighted by atomic mass is 16.5. The van der Waals surface area contributed by atoms with Gasteiger partial charge in [-0.2, -0.15) is 0 Å². The van der Waals surface area contributed by atoms with E-state index in [1.54, 1.807) is 7.11 Å². The summed E-state index contributed by atoms with van der Waals surface area (Å²) in [5.41, 5.74) is 2.91. The first kappa shape index (κ1) is 15.3. The standard InChI is InChI=1S/C18H19NO4/c1-4-13-16-14-8-12(23-3)6-5-11(14)7-10(2)19(16)9-15(17(13)20)18(21)22/h5-6,8-10H,4,7H2,1-3H3,(H,21,22). The molecule has 1 N–H and O–H groups in total. The Kier molecular flexibility index (Phi) is 3.72. The number of ether oxygens (including phenoxy) is 1. The zero-order valence-electron chi connectivity index (χ0n) is 13.4.